The summed E-state index contributed by atoms with van der Waals surface area (Å²) in [6.45, 7) is 6.65. The molecule has 0 atom stereocenters. The fourth-order valence-electron chi connectivity index (χ4n) is 3.93. The number of carbonyl (C=O) groups excluding carboxylic acids is 2. The van der Waals surface area contributed by atoms with E-state index < -0.39 is 14.6 Å². The number of hydrogen-bond donors (Lipinski definition) is 0. The quantitative estimate of drug-likeness (QED) is 0.312. The SMILES string of the molecule is CC(=O)Oc1ccc(CCCCC(=O)C2CCC(CS(=O)(=O)C(C)(C)C)CC2)cc1. The van der Waals surface area contributed by atoms with Crippen molar-refractivity contribution in [3.8, 4) is 5.75 Å². The number of sulfone groups is 1. The highest BCUT2D eigenvalue weighted by Crippen LogP contribution is 2.33. The predicted octanol–water partition coefficient (Wildman–Crippen LogP) is 4.91. The number of benzene rings is 1. The van der Waals surface area contributed by atoms with Gasteiger partial charge in [-0.2, -0.15) is 0 Å². The van der Waals surface area contributed by atoms with Crippen LogP contribution in [0.3, 0.4) is 0 Å². The van der Waals surface area contributed by atoms with E-state index in [4.69, 9.17) is 4.74 Å². The number of hydrogen-bond acceptors (Lipinski definition) is 5. The lowest BCUT2D eigenvalue weighted by atomic mass is 9.80. The number of unbranched alkanes of at least 4 members (excludes halogenated alkanes) is 1. The summed E-state index contributed by atoms with van der Waals surface area (Å²) in [4.78, 5) is 23.5. The van der Waals surface area contributed by atoms with Crippen molar-refractivity contribution in [2.75, 3.05) is 5.75 Å². The molecular formula is C24H36O5S. The standard InChI is InChI=1S/C24H36O5S/c1-18(25)29-22-15-11-19(12-16-22)7-5-6-8-23(26)21-13-9-20(10-14-21)17-30(27,28)24(2,3)4/h11-12,15-16,20-21H,5-10,13-14,17H2,1-4H3. The average molecular weight is 437 g/mol. The summed E-state index contributed by atoms with van der Waals surface area (Å²) in [7, 11) is -3.10. The normalized spacial score (nSPS) is 20.0. The Kier molecular flexibility index (Phi) is 8.65. The zero-order valence-corrected chi connectivity index (χ0v) is 19.6. The molecule has 0 bridgehead atoms. The Morgan fingerprint density at radius 1 is 1.00 bits per heavy atom. The average Bonchev–Trinajstić information content (AvgIpc) is 2.65. The summed E-state index contributed by atoms with van der Waals surface area (Å²) in [5.41, 5.74) is 1.17. The van der Waals surface area contributed by atoms with Crippen LogP contribution >= 0.6 is 0 Å². The lowest BCUT2D eigenvalue weighted by molar-refractivity contribution is -0.132. The first-order valence-corrected chi connectivity index (χ1v) is 12.7. The number of rotatable bonds is 9. The maximum atomic E-state index is 12.5. The molecule has 0 heterocycles. The van der Waals surface area contributed by atoms with Gasteiger partial charge < -0.3 is 4.74 Å². The largest absolute Gasteiger partial charge is 0.427 e. The lowest BCUT2D eigenvalue weighted by Gasteiger charge is -2.30. The van der Waals surface area contributed by atoms with Crippen molar-refractivity contribution in [1.82, 2.24) is 0 Å². The topological polar surface area (TPSA) is 77.5 Å². The van der Waals surface area contributed by atoms with E-state index in [9.17, 15) is 18.0 Å². The smallest absolute Gasteiger partial charge is 0.308 e. The molecule has 0 radical (unpaired) electrons. The van der Waals surface area contributed by atoms with Gasteiger partial charge in [0.2, 0.25) is 0 Å². The maximum Gasteiger partial charge on any atom is 0.308 e. The van der Waals surface area contributed by atoms with Crippen molar-refractivity contribution in [2.24, 2.45) is 11.8 Å². The molecule has 1 aromatic rings. The lowest BCUT2D eigenvalue weighted by Crippen LogP contribution is -2.35. The van der Waals surface area contributed by atoms with Crippen molar-refractivity contribution in [2.45, 2.75) is 83.8 Å². The first-order valence-electron chi connectivity index (χ1n) is 11.0. The fraction of sp³-hybridized carbons (Fsp3) is 0.667. The number of carbonyl (C=O) groups is 2. The second kappa shape index (κ2) is 10.6. The number of ether oxygens (including phenoxy) is 1. The van der Waals surface area contributed by atoms with Crippen molar-refractivity contribution in [3.05, 3.63) is 29.8 Å². The van der Waals surface area contributed by atoms with Gasteiger partial charge in [-0.05, 0) is 89.3 Å². The molecule has 0 amide bonds. The molecule has 2 rings (SSSR count). The van der Waals surface area contributed by atoms with E-state index in [0.717, 1.165) is 44.9 Å². The van der Waals surface area contributed by atoms with Gasteiger partial charge in [0.05, 0.1) is 10.5 Å². The summed E-state index contributed by atoms with van der Waals surface area (Å²) in [5, 5.41) is 0. The number of aryl methyl sites for hydroxylation is 1. The van der Waals surface area contributed by atoms with E-state index in [0.29, 0.717) is 18.0 Å². The van der Waals surface area contributed by atoms with Gasteiger partial charge in [-0.15, -0.1) is 0 Å². The van der Waals surface area contributed by atoms with E-state index >= 15 is 0 Å². The van der Waals surface area contributed by atoms with E-state index in [1.54, 1.807) is 32.9 Å². The number of esters is 1. The monoisotopic (exact) mass is 436 g/mol. The van der Waals surface area contributed by atoms with Crippen LogP contribution in [0.25, 0.3) is 0 Å². The van der Waals surface area contributed by atoms with Gasteiger partial charge in [-0.3, -0.25) is 9.59 Å². The molecule has 1 aromatic carbocycles. The minimum Gasteiger partial charge on any atom is -0.427 e. The van der Waals surface area contributed by atoms with Crippen LogP contribution in [0.15, 0.2) is 24.3 Å². The van der Waals surface area contributed by atoms with Gasteiger partial charge in [-0.25, -0.2) is 8.42 Å². The molecule has 30 heavy (non-hydrogen) atoms. The van der Waals surface area contributed by atoms with E-state index in [-0.39, 0.29) is 23.6 Å². The molecule has 168 valence electrons. The highest BCUT2D eigenvalue weighted by Gasteiger charge is 2.34. The van der Waals surface area contributed by atoms with Crippen molar-refractivity contribution >= 4 is 21.6 Å². The van der Waals surface area contributed by atoms with E-state index in [1.807, 2.05) is 12.1 Å². The zero-order chi connectivity index (χ0) is 22.4. The zero-order valence-electron chi connectivity index (χ0n) is 18.8. The Hall–Kier alpha value is -1.69. The first-order chi connectivity index (χ1) is 14.0. The molecule has 1 aliphatic carbocycles. The van der Waals surface area contributed by atoms with Crippen LogP contribution in [-0.4, -0.2) is 30.7 Å². The van der Waals surface area contributed by atoms with Gasteiger partial charge in [0.15, 0.2) is 9.84 Å². The molecule has 1 aliphatic rings. The summed E-state index contributed by atoms with van der Waals surface area (Å²) in [6, 6.07) is 7.49. The third-order valence-corrected chi connectivity index (χ3v) is 8.79. The molecule has 0 aromatic heterocycles. The van der Waals surface area contributed by atoms with Crippen LogP contribution in [0.5, 0.6) is 5.75 Å². The molecule has 0 saturated heterocycles. The summed E-state index contributed by atoms with van der Waals surface area (Å²) in [5.74, 6) is 1.08. The van der Waals surface area contributed by atoms with Crippen LogP contribution in [-0.2, 0) is 25.8 Å². The van der Waals surface area contributed by atoms with Crippen LogP contribution in [0.1, 0.15) is 78.2 Å². The molecule has 5 nitrogen and oxygen atoms in total. The molecule has 0 aliphatic heterocycles. The highest BCUT2D eigenvalue weighted by atomic mass is 32.2. The Balaban J connectivity index is 1.67. The third kappa shape index (κ3) is 7.53. The first kappa shape index (κ1) is 24.6. The Labute approximate surface area is 181 Å². The minimum absolute atomic E-state index is 0.0987. The Morgan fingerprint density at radius 3 is 2.13 bits per heavy atom. The van der Waals surface area contributed by atoms with E-state index in [1.165, 1.54) is 12.5 Å². The number of Topliss-reactive ketones (excluding diaryl/α,β-unsaturated/α-hetero) is 1. The van der Waals surface area contributed by atoms with Gasteiger partial charge >= 0.3 is 5.97 Å². The van der Waals surface area contributed by atoms with Gasteiger partial charge in [0.1, 0.15) is 11.5 Å². The van der Waals surface area contributed by atoms with Gasteiger partial charge in [-0.1, -0.05) is 12.1 Å². The van der Waals surface area contributed by atoms with Crippen molar-refractivity contribution in [3.63, 3.8) is 0 Å². The maximum absolute atomic E-state index is 12.5. The molecule has 0 spiro atoms. The van der Waals surface area contributed by atoms with Gasteiger partial charge in [0, 0.05) is 19.3 Å². The Morgan fingerprint density at radius 2 is 1.60 bits per heavy atom. The third-order valence-electron chi connectivity index (χ3n) is 6.01. The fourth-order valence-corrected chi connectivity index (χ4v) is 5.39. The second-order valence-corrected chi connectivity index (χ2v) is 12.3. The van der Waals surface area contributed by atoms with Crippen molar-refractivity contribution < 1.29 is 22.7 Å². The summed E-state index contributed by atoms with van der Waals surface area (Å²) >= 11 is 0. The minimum atomic E-state index is -3.10. The van der Waals surface area contributed by atoms with Crippen LogP contribution < -0.4 is 4.74 Å². The van der Waals surface area contributed by atoms with Gasteiger partial charge in [0.25, 0.3) is 0 Å². The number of ketones is 1. The van der Waals surface area contributed by atoms with Crippen LogP contribution in [0.4, 0.5) is 0 Å². The molecule has 6 heteroatoms. The van der Waals surface area contributed by atoms with E-state index in [2.05, 4.69) is 0 Å². The van der Waals surface area contributed by atoms with Crippen molar-refractivity contribution in [1.29, 1.82) is 0 Å². The molecule has 1 saturated carbocycles. The van der Waals surface area contributed by atoms with Crippen LogP contribution in [0, 0.1) is 11.8 Å². The molecule has 0 N–H and O–H groups in total. The Bertz CT molecular complexity index is 810. The summed E-state index contributed by atoms with van der Waals surface area (Å²) in [6.07, 6.45) is 6.61. The van der Waals surface area contributed by atoms with Crippen LogP contribution in [0.2, 0.25) is 0 Å². The summed E-state index contributed by atoms with van der Waals surface area (Å²) < 4.78 is 29.1. The molecular weight excluding hydrogens is 400 g/mol. The highest BCUT2D eigenvalue weighted by molar-refractivity contribution is 7.92. The second-order valence-electron chi connectivity index (χ2n) is 9.52. The molecule has 1 fully saturated rings. The predicted molar refractivity (Wildman–Crippen MR) is 119 cm³/mol. The molecule has 0 unspecified atom stereocenters.